The van der Waals surface area contributed by atoms with Crippen LogP contribution >= 0.6 is 39.7 Å². The Bertz CT molecular complexity index is 1230. The first kappa shape index (κ1) is 20.5. The summed E-state index contributed by atoms with van der Waals surface area (Å²) in [4.78, 5) is 27.2. The lowest BCUT2D eigenvalue weighted by Crippen LogP contribution is -2.54. The van der Waals surface area contributed by atoms with Crippen molar-refractivity contribution in [2.24, 2.45) is 0 Å². The van der Waals surface area contributed by atoms with Gasteiger partial charge in [0.1, 0.15) is 5.57 Å². The van der Waals surface area contributed by atoms with Gasteiger partial charge in [-0.1, -0.05) is 39.7 Å². The second kappa shape index (κ2) is 8.18. The van der Waals surface area contributed by atoms with Crippen LogP contribution in [0.1, 0.15) is 11.3 Å². The molecule has 1 N–H and O–H groups in total. The fraction of sp³-hybridized carbons (Fsp3) is 0.0455. The average molecular weight is 501 g/mol. The van der Waals surface area contributed by atoms with E-state index in [0.29, 0.717) is 22.0 Å². The molecule has 1 fully saturated rings. The number of hydrogen-bond donors (Lipinski definition) is 1. The fourth-order valence-corrected chi connectivity index (χ4v) is 4.07. The van der Waals surface area contributed by atoms with Crippen molar-refractivity contribution >= 4 is 68.4 Å². The molecule has 1 saturated heterocycles. The topological polar surface area (TPSA) is 54.3 Å². The highest BCUT2D eigenvalue weighted by Gasteiger charge is 2.35. The highest BCUT2D eigenvalue weighted by atomic mass is 79.9. The van der Waals surface area contributed by atoms with Crippen LogP contribution in [0.25, 0.3) is 11.8 Å². The third-order valence-corrected chi connectivity index (χ3v) is 5.93. The molecule has 4 rings (SSSR count). The predicted molar refractivity (Wildman–Crippen MR) is 126 cm³/mol. The molecule has 30 heavy (non-hydrogen) atoms. The van der Waals surface area contributed by atoms with E-state index in [1.165, 1.54) is 4.90 Å². The molecule has 1 aliphatic heterocycles. The Balaban J connectivity index is 1.78. The van der Waals surface area contributed by atoms with E-state index in [2.05, 4.69) is 21.2 Å². The van der Waals surface area contributed by atoms with Gasteiger partial charge >= 0.3 is 0 Å². The van der Waals surface area contributed by atoms with E-state index in [-0.39, 0.29) is 10.7 Å². The van der Waals surface area contributed by atoms with Gasteiger partial charge in [0.2, 0.25) is 0 Å². The second-order valence-corrected chi connectivity index (χ2v) is 8.33. The molecule has 1 aromatic heterocycles. The molecule has 0 radical (unpaired) electrons. The molecule has 1 aliphatic rings. The first-order valence-corrected chi connectivity index (χ1v) is 10.5. The van der Waals surface area contributed by atoms with Crippen molar-refractivity contribution in [3.05, 3.63) is 87.1 Å². The fourth-order valence-electron chi connectivity index (χ4n) is 3.24. The quantitative estimate of drug-likeness (QED) is 0.312. The summed E-state index contributed by atoms with van der Waals surface area (Å²) < 4.78 is 2.81. The summed E-state index contributed by atoms with van der Waals surface area (Å²) in [6.07, 6.45) is 3.43. The van der Waals surface area contributed by atoms with Crippen LogP contribution in [0.5, 0.6) is 0 Å². The Morgan fingerprint density at radius 2 is 1.87 bits per heavy atom. The third kappa shape index (κ3) is 3.71. The lowest BCUT2D eigenvalue weighted by molar-refractivity contribution is -0.122. The minimum absolute atomic E-state index is 0.0158. The van der Waals surface area contributed by atoms with E-state index in [4.69, 9.17) is 23.8 Å². The predicted octanol–water partition coefficient (Wildman–Crippen LogP) is 5.03. The van der Waals surface area contributed by atoms with E-state index in [9.17, 15) is 9.59 Å². The van der Waals surface area contributed by atoms with Crippen molar-refractivity contribution in [3.8, 4) is 5.69 Å². The van der Waals surface area contributed by atoms with Crippen molar-refractivity contribution in [1.82, 2.24) is 9.88 Å². The molecule has 0 unspecified atom stereocenters. The van der Waals surface area contributed by atoms with Gasteiger partial charge in [-0.25, -0.2) is 0 Å². The Hall–Kier alpha value is -2.74. The molecule has 2 aromatic carbocycles. The van der Waals surface area contributed by atoms with Gasteiger partial charge in [-0.15, -0.1) is 0 Å². The zero-order valence-corrected chi connectivity index (χ0v) is 18.9. The lowest BCUT2D eigenvalue weighted by atomic mass is 10.1. The molecule has 0 aliphatic carbocycles. The average Bonchev–Trinajstić information content (AvgIpc) is 3.16. The summed E-state index contributed by atoms with van der Waals surface area (Å²) in [6, 6.07) is 16.6. The number of thiocarbonyl (C=S) groups is 1. The summed E-state index contributed by atoms with van der Waals surface area (Å²) in [6.45, 7) is 1.80. The van der Waals surface area contributed by atoms with E-state index in [1.807, 2.05) is 47.2 Å². The maximum absolute atomic E-state index is 13.3. The number of halogens is 2. The third-order valence-electron chi connectivity index (χ3n) is 4.74. The van der Waals surface area contributed by atoms with Crippen molar-refractivity contribution in [3.63, 3.8) is 0 Å². The van der Waals surface area contributed by atoms with Crippen LogP contribution in [0.3, 0.4) is 0 Å². The molecule has 8 heteroatoms. The minimum Gasteiger partial charge on any atom is -0.317 e. The number of benzene rings is 2. The summed E-state index contributed by atoms with van der Waals surface area (Å²) in [5.41, 5.74) is 2.79. The van der Waals surface area contributed by atoms with Crippen molar-refractivity contribution in [2.45, 2.75) is 6.92 Å². The van der Waals surface area contributed by atoms with E-state index < -0.39 is 11.8 Å². The van der Waals surface area contributed by atoms with Crippen LogP contribution in [-0.4, -0.2) is 21.5 Å². The summed E-state index contributed by atoms with van der Waals surface area (Å²) in [7, 11) is 0. The Labute approximate surface area is 192 Å². The van der Waals surface area contributed by atoms with E-state index in [0.717, 1.165) is 10.2 Å². The van der Waals surface area contributed by atoms with E-state index >= 15 is 0 Å². The van der Waals surface area contributed by atoms with Crippen LogP contribution in [0.2, 0.25) is 5.02 Å². The number of hydrogen-bond acceptors (Lipinski definition) is 3. The van der Waals surface area contributed by atoms with Gasteiger partial charge in [0, 0.05) is 27.1 Å². The minimum atomic E-state index is -0.539. The highest BCUT2D eigenvalue weighted by Crippen LogP contribution is 2.30. The van der Waals surface area contributed by atoms with Crippen LogP contribution in [0.4, 0.5) is 5.69 Å². The van der Waals surface area contributed by atoms with Gasteiger partial charge in [-0.05, 0) is 73.2 Å². The Morgan fingerprint density at radius 3 is 2.63 bits per heavy atom. The van der Waals surface area contributed by atoms with Gasteiger partial charge in [-0.3, -0.25) is 19.8 Å². The van der Waals surface area contributed by atoms with Gasteiger partial charge < -0.3 is 4.57 Å². The molecule has 0 atom stereocenters. The maximum Gasteiger partial charge on any atom is 0.270 e. The SMILES string of the molecule is Cc1c(Cl)cccc1N1C(=O)/C(=C/c2cccn2-c2cccc(Br)c2)C(=O)NC1=S. The van der Waals surface area contributed by atoms with E-state index in [1.54, 1.807) is 31.2 Å². The Morgan fingerprint density at radius 1 is 1.10 bits per heavy atom. The summed E-state index contributed by atoms with van der Waals surface area (Å²) >= 11 is 15.0. The summed E-state index contributed by atoms with van der Waals surface area (Å²) in [5, 5.41) is 3.14. The Kier molecular flexibility index (Phi) is 5.60. The van der Waals surface area contributed by atoms with Crippen molar-refractivity contribution in [2.75, 3.05) is 4.90 Å². The number of anilines is 1. The molecule has 150 valence electrons. The van der Waals surface area contributed by atoms with Crippen molar-refractivity contribution < 1.29 is 9.59 Å². The molecule has 2 amide bonds. The molecule has 3 aromatic rings. The summed E-state index contributed by atoms with van der Waals surface area (Å²) in [5.74, 6) is -1.04. The second-order valence-electron chi connectivity index (χ2n) is 6.62. The standard InChI is InChI=1S/C22H15BrClN3O2S/c1-13-18(24)8-3-9-19(13)27-21(29)17(20(28)25-22(27)30)12-16-7-4-10-26(16)15-6-2-5-14(23)11-15/h2-12H,1H3,(H,25,28,30)/b17-12+. The highest BCUT2D eigenvalue weighted by molar-refractivity contribution is 9.10. The number of rotatable bonds is 3. The first-order valence-electron chi connectivity index (χ1n) is 8.96. The molecule has 0 saturated carbocycles. The monoisotopic (exact) mass is 499 g/mol. The molecule has 0 bridgehead atoms. The lowest BCUT2D eigenvalue weighted by Gasteiger charge is -2.30. The van der Waals surface area contributed by atoms with Gasteiger partial charge in [0.25, 0.3) is 11.8 Å². The molecular formula is C22H15BrClN3O2S. The van der Waals surface area contributed by atoms with Gasteiger partial charge in [0.15, 0.2) is 5.11 Å². The van der Waals surface area contributed by atoms with Crippen LogP contribution in [0, 0.1) is 6.92 Å². The normalized spacial score (nSPS) is 15.6. The number of nitrogens with one attached hydrogen (secondary N) is 1. The van der Waals surface area contributed by atoms with Crippen LogP contribution in [-0.2, 0) is 9.59 Å². The first-order chi connectivity index (χ1) is 14.4. The molecule has 0 spiro atoms. The number of carbonyl (C=O) groups is 2. The zero-order chi connectivity index (χ0) is 21.4. The zero-order valence-electron chi connectivity index (χ0n) is 15.7. The maximum atomic E-state index is 13.3. The molecule has 2 heterocycles. The van der Waals surface area contributed by atoms with Crippen LogP contribution in [0.15, 0.2) is 70.8 Å². The van der Waals surface area contributed by atoms with Gasteiger partial charge in [0.05, 0.1) is 5.69 Å². The smallest absolute Gasteiger partial charge is 0.270 e. The van der Waals surface area contributed by atoms with Crippen molar-refractivity contribution in [1.29, 1.82) is 0 Å². The van der Waals surface area contributed by atoms with Gasteiger partial charge in [-0.2, -0.15) is 0 Å². The molecule has 5 nitrogen and oxygen atoms in total. The number of carbonyl (C=O) groups excluding carboxylic acids is 2. The largest absolute Gasteiger partial charge is 0.317 e. The van der Waals surface area contributed by atoms with Crippen LogP contribution < -0.4 is 10.2 Å². The number of amides is 2. The number of nitrogens with zero attached hydrogens (tertiary/aromatic N) is 2. The number of aromatic nitrogens is 1. The molecular weight excluding hydrogens is 486 g/mol.